The maximum absolute atomic E-state index is 11.8. The van der Waals surface area contributed by atoms with E-state index in [1.807, 2.05) is 0 Å². The Morgan fingerprint density at radius 3 is 2.89 bits per heavy atom. The number of nitrogens with one attached hydrogen (secondary N) is 1. The fourth-order valence-electron chi connectivity index (χ4n) is 1.52. The van der Waals surface area contributed by atoms with Crippen LogP contribution in [0, 0.1) is 6.92 Å². The number of rotatable bonds is 4. The molecule has 1 amide bonds. The third kappa shape index (κ3) is 2.85. The highest BCUT2D eigenvalue weighted by Gasteiger charge is 2.09. The van der Waals surface area contributed by atoms with E-state index in [0.717, 1.165) is 0 Å². The van der Waals surface area contributed by atoms with Gasteiger partial charge in [0.25, 0.3) is 5.91 Å². The topological polar surface area (TPSA) is 94.0 Å². The molecule has 0 aliphatic rings. The molecule has 0 saturated carbocycles. The molecule has 2 aromatic rings. The number of carbonyl (C=O) groups is 1. The summed E-state index contributed by atoms with van der Waals surface area (Å²) in [5, 5.41) is 6.42. The van der Waals surface area contributed by atoms with Gasteiger partial charge < -0.3 is 15.6 Å². The first kappa shape index (κ1) is 12.1. The standard InChI is InChI=1S/C12H14N4O2/c1-8-15-11(18-16-8)6-7-14-12(17)9-4-2-3-5-10(9)13/h2-5H,6-7,13H2,1H3,(H,14,17). The van der Waals surface area contributed by atoms with Crippen molar-refractivity contribution in [1.29, 1.82) is 0 Å². The molecule has 0 bridgehead atoms. The lowest BCUT2D eigenvalue weighted by Gasteiger charge is -2.05. The molecule has 6 heteroatoms. The van der Waals surface area contributed by atoms with Crippen molar-refractivity contribution in [2.75, 3.05) is 12.3 Å². The third-order valence-corrected chi connectivity index (χ3v) is 2.40. The van der Waals surface area contributed by atoms with Crippen LogP contribution in [0.1, 0.15) is 22.1 Å². The Morgan fingerprint density at radius 2 is 2.22 bits per heavy atom. The Hall–Kier alpha value is -2.37. The molecule has 0 saturated heterocycles. The number of nitrogens with two attached hydrogens (primary N) is 1. The van der Waals surface area contributed by atoms with Gasteiger partial charge in [0.05, 0.1) is 5.56 Å². The summed E-state index contributed by atoms with van der Waals surface area (Å²) in [6.07, 6.45) is 0.499. The van der Waals surface area contributed by atoms with Crippen LogP contribution in [0.3, 0.4) is 0 Å². The van der Waals surface area contributed by atoms with Gasteiger partial charge in [-0.3, -0.25) is 4.79 Å². The maximum Gasteiger partial charge on any atom is 0.253 e. The molecule has 2 rings (SSSR count). The molecule has 1 aromatic carbocycles. The van der Waals surface area contributed by atoms with E-state index in [9.17, 15) is 4.79 Å². The lowest BCUT2D eigenvalue weighted by Crippen LogP contribution is -2.26. The Kier molecular flexibility index (Phi) is 3.57. The summed E-state index contributed by atoms with van der Waals surface area (Å²) < 4.78 is 4.94. The summed E-state index contributed by atoms with van der Waals surface area (Å²) in [5.74, 6) is 0.891. The molecule has 0 atom stereocenters. The van der Waals surface area contributed by atoms with Crippen molar-refractivity contribution in [2.45, 2.75) is 13.3 Å². The van der Waals surface area contributed by atoms with Crippen LogP contribution in [0.5, 0.6) is 0 Å². The summed E-state index contributed by atoms with van der Waals surface area (Å²) in [7, 11) is 0. The van der Waals surface area contributed by atoms with Crippen LogP contribution < -0.4 is 11.1 Å². The average Bonchev–Trinajstić information content (AvgIpc) is 2.75. The van der Waals surface area contributed by atoms with Gasteiger partial charge in [-0.1, -0.05) is 17.3 Å². The number of benzene rings is 1. The number of carbonyl (C=O) groups excluding carboxylic acids is 1. The van der Waals surface area contributed by atoms with Gasteiger partial charge in [-0.05, 0) is 19.1 Å². The molecule has 0 aliphatic heterocycles. The van der Waals surface area contributed by atoms with Crippen LogP contribution in [0.2, 0.25) is 0 Å². The molecular formula is C12H14N4O2. The second-order valence-electron chi connectivity index (χ2n) is 3.83. The van der Waals surface area contributed by atoms with Crippen LogP contribution in [0.4, 0.5) is 5.69 Å². The van der Waals surface area contributed by atoms with E-state index >= 15 is 0 Å². The normalized spacial score (nSPS) is 10.3. The smallest absolute Gasteiger partial charge is 0.253 e. The molecule has 94 valence electrons. The second-order valence-corrected chi connectivity index (χ2v) is 3.83. The Morgan fingerprint density at radius 1 is 1.44 bits per heavy atom. The van der Waals surface area contributed by atoms with E-state index in [2.05, 4.69) is 15.5 Å². The number of anilines is 1. The van der Waals surface area contributed by atoms with Crippen molar-refractivity contribution in [2.24, 2.45) is 0 Å². The number of nitrogens with zero attached hydrogens (tertiary/aromatic N) is 2. The van der Waals surface area contributed by atoms with Crippen molar-refractivity contribution in [3.63, 3.8) is 0 Å². The highest BCUT2D eigenvalue weighted by Crippen LogP contribution is 2.09. The van der Waals surface area contributed by atoms with E-state index in [1.165, 1.54) is 0 Å². The predicted octanol–water partition coefficient (Wildman–Crippen LogP) is 0.933. The number of aromatic nitrogens is 2. The molecule has 0 spiro atoms. The molecule has 0 radical (unpaired) electrons. The first-order chi connectivity index (χ1) is 8.66. The van der Waals surface area contributed by atoms with E-state index in [4.69, 9.17) is 10.3 Å². The number of amides is 1. The predicted molar refractivity (Wildman–Crippen MR) is 65.9 cm³/mol. The van der Waals surface area contributed by atoms with Crippen LogP contribution in [-0.2, 0) is 6.42 Å². The van der Waals surface area contributed by atoms with Gasteiger partial charge in [0, 0.05) is 18.7 Å². The van der Waals surface area contributed by atoms with Crippen molar-refractivity contribution >= 4 is 11.6 Å². The zero-order valence-electron chi connectivity index (χ0n) is 10.0. The number of aryl methyl sites for hydroxylation is 1. The van der Waals surface area contributed by atoms with Gasteiger partial charge in [0.15, 0.2) is 5.82 Å². The van der Waals surface area contributed by atoms with Gasteiger partial charge in [-0.25, -0.2) is 0 Å². The molecule has 1 aromatic heterocycles. The lowest BCUT2D eigenvalue weighted by molar-refractivity contribution is 0.0954. The molecule has 6 nitrogen and oxygen atoms in total. The van der Waals surface area contributed by atoms with Crippen molar-refractivity contribution in [3.05, 3.63) is 41.5 Å². The summed E-state index contributed by atoms with van der Waals surface area (Å²) in [6.45, 7) is 2.17. The van der Waals surface area contributed by atoms with Gasteiger partial charge in [0.2, 0.25) is 5.89 Å². The minimum absolute atomic E-state index is 0.204. The van der Waals surface area contributed by atoms with Gasteiger partial charge in [-0.2, -0.15) is 4.98 Å². The maximum atomic E-state index is 11.8. The number of hydrogen-bond acceptors (Lipinski definition) is 5. The largest absolute Gasteiger partial charge is 0.398 e. The highest BCUT2D eigenvalue weighted by atomic mass is 16.5. The van der Waals surface area contributed by atoms with E-state index < -0.39 is 0 Å². The van der Waals surface area contributed by atoms with Gasteiger partial charge >= 0.3 is 0 Å². The van der Waals surface area contributed by atoms with E-state index in [0.29, 0.717) is 35.9 Å². The molecule has 1 heterocycles. The first-order valence-corrected chi connectivity index (χ1v) is 5.58. The quantitative estimate of drug-likeness (QED) is 0.783. The van der Waals surface area contributed by atoms with E-state index in [1.54, 1.807) is 31.2 Å². The second kappa shape index (κ2) is 5.31. The minimum Gasteiger partial charge on any atom is -0.398 e. The van der Waals surface area contributed by atoms with Crippen molar-refractivity contribution in [3.8, 4) is 0 Å². The Bertz CT molecular complexity index is 551. The number of hydrogen-bond donors (Lipinski definition) is 2. The Balaban J connectivity index is 1.87. The number of nitrogen functional groups attached to an aromatic ring is 1. The monoisotopic (exact) mass is 246 g/mol. The van der Waals surface area contributed by atoms with Gasteiger partial charge in [0.1, 0.15) is 0 Å². The SMILES string of the molecule is Cc1noc(CCNC(=O)c2ccccc2N)n1. The lowest BCUT2D eigenvalue weighted by atomic mass is 10.1. The summed E-state index contributed by atoms with van der Waals surface area (Å²) >= 11 is 0. The first-order valence-electron chi connectivity index (χ1n) is 5.58. The molecule has 0 aliphatic carbocycles. The molecular weight excluding hydrogens is 232 g/mol. The fraction of sp³-hybridized carbons (Fsp3) is 0.250. The molecule has 0 fully saturated rings. The zero-order valence-corrected chi connectivity index (χ0v) is 10.0. The van der Waals surface area contributed by atoms with Crippen LogP contribution in [0.25, 0.3) is 0 Å². The van der Waals surface area contributed by atoms with E-state index in [-0.39, 0.29) is 5.91 Å². The van der Waals surface area contributed by atoms with Gasteiger partial charge in [-0.15, -0.1) is 0 Å². The van der Waals surface area contributed by atoms with Crippen molar-refractivity contribution < 1.29 is 9.32 Å². The molecule has 18 heavy (non-hydrogen) atoms. The van der Waals surface area contributed by atoms with Crippen LogP contribution >= 0.6 is 0 Å². The summed E-state index contributed by atoms with van der Waals surface area (Å²) in [5.41, 5.74) is 6.64. The minimum atomic E-state index is -0.204. The highest BCUT2D eigenvalue weighted by molar-refractivity contribution is 5.99. The third-order valence-electron chi connectivity index (χ3n) is 2.40. The average molecular weight is 246 g/mol. The Labute approximate surface area is 104 Å². The van der Waals surface area contributed by atoms with Crippen LogP contribution in [0.15, 0.2) is 28.8 Å². The fourth-order valence-corrected chi connectivity index (χ4v) is 1.52. The molecule has 3 N–H and O–H groups in total. The molecule has 0 unspecified atom stereocenters. The summed E-state index contributed by atoms with van der Waals surface area (Å²) in [6, 6.07) is 6.93. The van der Waals surface area contributed by atoms with Crippen LogP contribution in [-0.4, -0.2) is 22.6 Å². The summed E-state index contributed by atoms with van der Waals surface area (Å²) in [4.78, 5) is 15.8. The number of para-hydroxylation sites is 1. The zero-order chi connectivity index (χ0) is 13.0. The van der Waals surface area contributed by atoms with Crippen molar-refractivity contribution in [1.82, 2.24) is 15.5 Å².